The number of aryl methyl sites for hydroxylation is 1. The molecule has 0 radical (unpaired) electrons. The summed E-state index contributed by atoms with van der Waals surface area (Å²) in [4.78, 5) is 16.3. The van der Waals surface area contributed by atoms with E-state index in [0.29, 0.717) is 5.92 Å². The summed E-state index contributed by atoms with van der Waals surface area (Å²) in [5, 5.41) is 3.90. The molecule has 4 nitrogen and oxygen atoms in total. The zero-order chi connectivity index (χ0) is 21.1. The molecule has 3 aromatic rings. The number of rotatable bonds is 6. The predicted octanol–water partition coefficient (Wildman–Crippen LogP) is 6.12. The second-order valence-corrected chi connectivity index (χ2v) is 9.09. The third kappa shape index (κ3) is 4.50. The van der Waals surface area contributed by atoms with Gasteiger partial charge in [-0.2, -0.15) is 0 Å². The number of carbonyl (C=O) groups is 1. The molecule has 4 rings (SSSR count). The van der Waals surface area contributed by atoms with Crippen LogP contribution in [0.5, 0.6) is 0 Å². The number of likely N-dealkylation sites (tertiary alicyclic amines) is 1. The SMILES string of the molecule is CCc1cc([C@@H](c2ccc(F)cc2)N2CCC(C)CC2)c(NC(=O)c2ccco2)s1. The minimum absolute atomic E-state index is 0.0263. The molecule has 6 heteroatoms. The van der Waals surface area contributed by atoms with Crippen LogP contribution >= 0.6 is 11.3 Å². The first kappa shape index (κ1) is 20.8. The molecule has 1 saturated heterocycles. The highest BCUT2D eigenvalue weighted by Crippen LogP contribution is 2.41. The van der Waals surface area contributed by atoms with E-state index in [1.807, 2.05) is 12.1 Å². The molecule has 30 heavy (non-hydrogen) atoms. The van der Waals surface area contributed by atoms with Gasteiger partial charge >= 0.3 is 0 Å². The minimum Gasteiger partial charge on any atom is -0.459 e. The molecule has 1 aliphatic rings. The number of piperidine rings is 1. The summed E-state index contributed by atoms with van der Waals surface area (Å²) >= 11 is 1.60. The molecule has 0 aliphatic carbocycles. The van der Waals surface area contributed by atoms with Crippen molar-refractivity contribution in [3.05, 3.63) is 76.3 Å². The fourth-order valence-corrected chi connectivity index (χ4v) is 5.05. The van der Waals surface area contributed by atoms with Crippen molar-refractivity contribution in [2.45, 2.75) is 39.2 Å². The fourth-order valence-electron chi connectivity index (χ4n) is 4.02. The summed E-state index contributed by atoms with van der Waals surface area (Å²) in [6, 6.07) is 12.3. The van der Waals surface area contributed by atoms with Crippen molar-refractivity contribution >= 4 is 22.2 Å². The molecule has 3 heterocycles. The number of carbonyl (C=O) groups excluding carboxylic acids is 1. The second-order valence-electron chi connectivity index (χ2n) is 7.95. The molecular weight excluding hydrogens is 399 g/mol. The van der Waals surface area contributed by atoms with Gasteiger partial charge in [-0.1, -0.05) is 26.0 Å². The first-order valence-electron chi connectivity index (χ1n) is 10.5. The normalized spacial score (nSPS) is 16.5. The maximum Gasteiger partial charge on any atom is 0.291 e. The van der Waals surface area contributed by atoms with E-state index in [2.05, 4.69) is 30.1 Å². The predicted molar refractivity (Wildman–Crippen MR) is 119 cm³/mol. The number of nitrogens with zero attached hydrogens (tertiary/aromatic N) is 1. The van der Waals surface area contributed by atoms with Crippen molar-refractivity contribution in [2.75, 3.05) is 18.4 Å². The fraction of sp³-hybridized carbons (Fsp3) is 0.375. The van der Waals surface area contributed by atoms with E-state index in [0.717, 1.165) is 48.5 Å². The van der Waals surface area contributed by atoms with E-state index in [1.165, 1.54) is 23.3 Å². The van der Waals surface area contributed by atoms with E-state index >= 15 is 0 Å². The molecule has 1 aromatic carbocycles. The molecule has 1 amide bonds. The first-order chi connectivity index (χ1) is 14.5. The summed E-state index contributed by atoms with van der Waals surface area (Å²) in [6.45, 7) is 6.36. The Morgan fingerprint density at radius 2 is 2.00 bits per heavy atom. The summed E-state index contributed by atoms with van der Waals surface area (Å²) in [7, 11) is 0. The highest BCUT2D eigenvalue weighted by atomic mass is 32.1. The number of nitrogens with one attached hydrogen (secondary N) is 1. The van der Waals surface area contributed by atoms with Crippen molar-refractivity contribution < 1.29 is 13.6 Å². The molecular formula is C24H27FN2O2S. The Hall–Kier alpha value is -2.44. The molecule has 0 unspecified atom stereocenters. The zero-order valence-electron chi connectivity index (χ0n) is 17.4. The van der Waals surface area contributed by atoms with Crippen LogP contribution in [0.25, 0.3) is 0 Å². The third-order valence-electron chi connectivity index (χ3n) is 5.80. The van der Waals surface area contributed by atoms with Crippen LogP contribution in [0.15, 0.2) is 53.1 Å². The van der Waals surface area contributed by atoms with Crippen molar-refractivity contribution in [1.82, 2.24) is 4.90 Å². The molecule has 1 N–H and O–H groups in total. The summed E-state index contributed by atoms with van der Waals surface area (Å²) < 4.78 is 18.9. The van der Waals surface area contributed by atoms with Gasteiger partial charge in [0.2, 0.25) is 0 Å². The van der Waals surface area contributed by atoms with Gasteiger partial charge in [0.05, 0.1) is 12.3 Å². The van der Waals surface area contributed by atoms with Crippen molar-refractivity contribution in [3.8, 4) is 0 Å². The van der Waals surface area contributed by atoms with Gasteiger partial charge in [-0.15, -0.1) is 11.3 Å². The van der Waals surface area contributed by atoms with Crippen molar-refractivity contribution in [2.24, 2.45) is 5.92 Å². The molecule has 1 atom stereocenters. The average molecular weight is 427 g/mol. The lowest BCUT2D eigenvalue weighted by Crippen LogP contribution is -2.37. The number of halogens is 1. The van der Waals surface area contributed by atoms with Crippen molar-refractivity contribution in [3.63, 3.8) is 0 Å². The smallest absolute Gasteiger partial charge is 0.291 e. The Morgan fingerprint density at radius 1 is 1.27 bits per heavy atom. The summed E-state index contributed by atoms with van der Waals surface area (Å²) in [5.74, 6) is 0.506. The molecule has 0 saturated carbocycles. The van der Waals surface area contributed by atoms with Gasteiger partial charge in [0, 0.05) is 10.4 Å². The van der Waals surface area contributed by atoms with Gasteiger partial charge in [0.25, 0.3) is 5.91 Å². The standard InChI is InChI=1S/C24H27FN2O2S/c1-3-19-15-20(24(30-19)26-23(28)21-5-4-14-29-21)22(17-6-8-18(25)9-7-17)27-12-10-16(2)11-13-27/h4-9,14-16,22H,3,10-13H2,1-2H3,(H,26,28)/t22-/m1/s1. The number of anilines is 1. The van der Waals surface area contributed by atoms with Crippen LogP contribution in [-0.2, 0) is 6.42 Å². The van der Waals surface area contributed by atoms with Crippen LogP contribution < -0.4 is 5.32 Å². The van der Waals surface area contributed by atoms with E-state index < -0.39 is 0 Å². The lowest BCUT2D eigenvalue weighted by Gasteiger charge is -2.37. The lowest BCUT2D eigenvalue weighted by atomic mass is 9.92. The number of benzene rings is 1. The zero-order valence-corrected chi connectivity index (χ0v) is 18.2. The Labute approximate surface area is 180 Å². The topological polar surface area (TPSA) is 45.5 Å². The number of thiophene rings is 1. The summed E-state index contributed by atoms with van der Waals surface area (Å²) in [6.07, 6.45) is 4.66. The lowest BCUT2D eigenvalue weighted by molar-refractivity contribution is 0.0996. The van der Waals surface area contributed by atoms with Gasteiger partial charge in [-0.05, 0) is 74.2 Å². The molecule has 2 aromatic heterocycles. The van der Waals surface area contributed by atoms with E-state index in [9.17, 15) is 9.18 Å². The monoisotopic (exact) mass is 426 g/mol. The van der Waals surface area contributed by atoms with E-state index in [-0.39, 0.29) is 23.5 Å². The average Bonchev–Trinajstić information content (AvgIpc) is 3.42. The molecule has 158 valence electrons. The number of furan rings is 1. The van der Waals surface area contributed by atoms with Gasteiger partial charge in [0.15, 0.2) is 5.76 Å². The number of hydrogen-bond donors (Lipinski definition) is 1. The Morgan fingerprint density at radius 3 is 2.63 bits per heavy atom. The van der Waals surface area contributed by atoms with Gasteiger partial charge in [-0.25, -0.2) is 4.39 Å². The largest absolute Gasteiger partial charge is 0.459 e. The molecule has 0 bridgehead atoms. The molecule has 0 spiro atoms. The Bertz CT molecular complexity index is 973. The van der Waals surface area contributed by atoms with Crippen LogP contribution in [0.4, 0.5) is 9.39 Å². The van der Waals surface area contributed by atoms with E-state index in [1.54, 1.807) is 23.5 Å². The maximum absolute atomic E-state index is 13.6. The van der Waals surface area contributed by atoms with Gasteiger partial charge < -0.3 is 9.73 Å². The number of hydrogen-bond acceptors (Lipinski definition) is 4. The minimum atomic E-state index is -0.254. The molecule has 1 fully saturated rings. The summed E-state index contributed by atoms with van der Waals surface area (Å²) in [5.41, 5.74) is 2.11. The van der Waals surface area contributed by atoms with Crippen LogP contribution in [0.3, 0.4) is 0 Å². The maximum atomic E-state index is 13.6. The van der Waals surface area contributed by atoms with Gasteiger partial charge in [0.1, 0.15) is 10.8 Å². The molecule has 1 aliphatic heterocycles. The van der Waals surface area contributed by atoms with Crippen molar-refractivity contribution in [1.29, 1.82) is 0 Å². The first-order valence-corrected chi connectivity index (χ1v) is 11.3. The third-order valence-corrected chi connectivity index (χ3v) is 7.01. The number of amides is 1. The van der Waals surface area contributed by atoms with Crippen LogP contribution in [0.1, 0.15) is 59.3 Å². The highest BCUT2D eigenvalue weighted by Gasteiger charge is 2.30. The van der Waals surface area contributed by atoms with Crippen LogP contribution in [0, 0.1) is 11.7 Å². The van der Waals surface area contributed by atoms with E-state index in [4.69, 9.17) is 4.42 Å². The second kappa shape index (κ2) is 9.14. The Kier molecular flexibility index (Phi) is 6.35. The van der Waals surface area contributed by atoms with Crippen LogP contribution in [0.2, 0.25) is 0 Å². The Balaban J connectivity index is 1.72. The van der Waals surface area contributed by atoms with Crippen LogP contribution in [-0.4, -0.2) is 23.9 Å². The quantitative estimate of drug-likeness (QED) is 0.517. The highest BCUT2D eigenvalue weighted by molar-refractivity contribution is 7.16. The van der Waals surface area contributed by atoms with Gasteiger partial charge in [-0.3, -0.25) is 9.69 Å².